The number of phosphoric ester groups is 2. The molecule has 3 N–H and O–H groups in total. The van der Waals surface area contributed by atoms with Crippen LogP contribution in [0.1, 0.15) is 485 Å². The van der Waals surface area contributed by atoms with Gasteiger partial charge >= 0.3 is 39.5 Å². The summed E-state index contributed by atoms with van der Waals surface area (Å²) in [5.74, 6) is 0.252. The largest absolute Gasteiger partial charge is 0.472 e. The van der Waals surface area contributed by atoms with Gasteiger partial charge in [-0.05, 0) is 43.4 Å². The molecule has 0 saturated heterocycles. The molecule has 0 spiro atoms. The number of carbonyl (C=O) groups excluding carboxylic acids is 4. The van der Waals surface area contributed by atoms with Gasteiger partial charge in [0.15, 0.2) is 12.2 Å². The first kappa shape index (κ1) is 108. The molecule has 19 heteroatoms. The first-order valence-corrected chi connectivity index (χ1v) is 49.9. The van der Waals surface area contributed by atoms with Crippen LogP contribution in [0.2, 0.25) is 0 Å². The topological polar surface area (TPSA) is 237 Å². The molecular weight excluding hydrogens is 1430 g/mol. The quantitative estimate of drug-likeness (QED) is 0.0222. The SMILES string of the molecule is CCCCCCCCCCCCCCCCCCCCCCCCC(=O)O[C@H](COC(=O)CCCCCCCCCCCCCCCCCCC(C)C)COP(=O)(O)OC[C@@H](O)COP(=O)(O)OC[C@@H](COC(=O)CCCCCCCCC(C)CC)OC(=O)CCCCCCCCCCCCCCCCCCC(C)C. The zero-order chi connectivity index (χ0) is 80.8. The van der Waals surface area contributed by atoms with Crippen molar-refractivity contribution in [2.24, 2.45) is 17.8 Å². The van der Waals surface area contributed by atoms with Gasteiger partial charge in [0.2, 0.25) is 0 Å². The number of esters is 4. The minimum atomic E-state index is -4.97. The summed E-state index contributed by atoms with van der Waals surface area (Å²) in [6, 6.07) is 0. The van der Waals surface area contributed by atoms with E-state index in [2.05, 4.69) is 48.5 Å². The highest BCUT2D eigenvalue weighted by Crippen LogP contribution is 2.45. The van der Waals surface area contributed by atoms with Crippen LogP contribution in [0.15, 0.2) is 0 Å². The van der Waals surface area contributed by atoms with Gasteiger partial charge in [0.25, 0.3) is 0 Å². The highest BCUT2D eigenvalue weighted by Gasteiger charge is 2.31. The molecule has 0 aromatic heterocycles. The van der Waals surface area contributed by atoms with Crippen molar-refractivity contribution < 1.29 is 80.2 Å². The van der Waals surface area contributed by atoms with Crippen molar-refractivity contribution in [1.82, 2.24) is 0 Å². The standard InChI is InChI=1S/C91H178O17P2/c1-8-10-11-12-13-14-15-16-17-18-19-20-21-22-23-31-36-41-46-51-60-67-74-90(95)107-86(78-101-88(93)72-65-58-50-45-40-35-30-26-24-28-33-38-43-48-55-62-69-82(3)4)80-105-109(97,98)103-76-85(92)77-104-110(99,100)106-81-87(79-102-89(94)73-66-59-54-53-57-64-71-84(7)9-2)108-91(96)75-68-61-52-47-42-37-32-27-25-29-34-39-44-49-56-63-70-83(5)6/h82-87,92H,8-81H2,1-7H3,(H,97,98)(H,99,100)/t84?,85-,86-,87-/m1/s1. The first-order valence-electron chi connectivity index (χ1n) is 46.9. The minimum Gasteiger partial charge on any atom is -0.462 e. The van der Waals surface area contributed by atoms with E-state index in [-0.39, 0.29) is 25.7 Å². The van der Waals surface area contributed by atoms with Crippen LogP contribution in [0.4, 0.5) is 0 Å². The van der Waals surface area contributed by atoms with Crippen LogP contribution in [-0.4, -0.2) is 96.7 Å². The van der Waals surface area contributed by atoms with Gasteiger partial charge in [-0.2, -0.15) is 0 Å². The average molecular weight is 1610 g/mol. The van der Waals surface area contributed by atoms with Gasteiger partial charge in [-0.3, -0.25) is 37.3 Å². The summed E-state index contributed by atoms with van der Waals surface area (Å²) < 4.78 is 69.0. The van der Waals surface area contributed by atoms with Crippen molar-refractivity contribution in [3.05, 3.63) is 0 Å². The summed E-state index contributed by atoms with van der Waals surface area (Å²) >= 11 is 0. The van der Waals surface area contributed by atoms with E-state index in [9.17, 15) is 43.2 Å². The van der Waals surface area contributed by atoms with Gasteiger partial charge in [-0.25, -0.2) is 9.13 Å². The van der Waals surface area contributed by atoms with Crippen molar-refractivity contribution >= 4 is 39.5 Å². The fourth-order valence-corrected chi connectivity index (χ4v) is 15.8. The Balaban J connectivity index is 5.22. The Morgan fingerprint density at radius 1 is 0.264 bits per heavy atom. The Hall–Kier alpha value is -1.94. The maximum absolute atomic E-state index is 13.2. The molecule has 0 fully saturated rings. The van der Waals surface area contributed by atoms with Crippen molar-refractivity contribution in [3.63, 3.8) is 0 Å². The van der Waals surface area contributed by atoms with E-state index in [1.54, 1.807) is 0 Å². The molecule has 0 saturated carbocycles. The third-order valence-electron chi connectivity index (χ3n) is 21.7. The number of carbonyl (C=O) groups is 4. The predicted octanol–water partition coefficient (Wildman–Crippen LogP) is 28.0. The maximum atomic E-state index is 13.2. The lowest BCUT2D eigenvalue weighted by atomic mass is 10.00. The molecule has 6 atom stereocenters. The Bertz CT molecular complexity index is 2120. The number of rotatable bonds is 89. The summed E-state index contributed by atoms with van der Waals surface area (Å²) in [7, 11) is -9.94. The average Bonchev–Trinajstić information content (AvgIpc) is 0.897. The van der Waals surface area contributed by atoms with Crippen molar-refractivity contribution in [3.8, 4) is 0 Å². The predicted molar refractivity (Wildman–Crippen MR) is 455 cm³/mol. The Kier molecular flexibility index (Phi) is 79.4. The number of ether oxygens (including phenoxy) is 4. The smallest absolute Gasteiger partial charge is 0.462 e. The molecule has 0 aromatic carbocycles. The molecule has 3 unspecified atom stereocenters. The minimum absolute atomic E-state index is 0.107. The van der Waals surface area contributed by atoms with Crippen LogP contribution in [-0.2, 0) is 65.4 Å². The molecule has 0 amide bonds. The number of aliphatic hydroxyl groups excluding tert-OH is 1. The number of unbranched alkanes of at least 4 members (excludes halogenated alkanes) is 56. The fraction of sp³-hybridized carbons (Fsp3) is 0.956. The molecule has 110 heavy (non-hydrogen) atoms. The number of aliphatic hydroxyl groups is 1. The van der Waals surface area contributed by atoms with Crippen molar-refractivity contribution in [2.75, 3.05) is 39.6 Å². The molecule has 17 nitrogen and oxygen atoms in total. The van der Waals surface area contributed by atoms with Crippen molar-refractivity contribution in [1.29, 1.82) is 0 Å². The summed E-state index contributed by atoms with van der Waals surface area (Å²) in [5.41, 5.74) is 0. The summed E-state index contributed by atoms with van der Waals surface area (Å²) in [4.78, 5) is 73.4. The van der Waals surface area contributed by atoms with Gasteiger partial charge in [-0.1, -0.05) is 434 Å². The van der Waals surface area contributed by atoms with Gasteiger partial charge < -0.3 is 33.8 Å². The molecule has 0 aliphatic heterocycles. The van der Waals surface area contributed by atoms with E-state index >= 15 is 0 Å². The Labute approximate surface area is 677 Å². The zero-order valence-corrected chi connectivity index (χ0v) is 74.5. The third-order valence-corrected chi connectivity index (χ3v) is 23.6. The second-order valence-electron chi connectivity index (χ2n) is 33.9. The van der Waals surface area contributed by atoms with E-state index in [4.69, 9.17) is 37.0 Å². The van der Waals surface area contributed by atoms with E-state index in [1.807, 2.05) is 0 Å². The number of phosphoric acid groups is 2. The van der Waals surface area contributed by atoms with Crippen LogP contribution in [0, 0.1) is 17.8 Å². The second kappa shape index (κ2) is 80.8. The maximum Gasteiger partial charge on any atom is 0.472 e. The lowest BCUT2D eigenvalue weighted by molar-refractivity contribution is -0.161. The molecule has 0 aliphatic carbocycles. The van der Waals surface area contributed by atoms with E-state index in [0.29, 0.717) is 25.7 Å². The molecule has 0 bridgehead atoms. The monoisotopic (exact) mass is 1610 g/mol. The number of hydrogen-bond donors (Lipinski definition) is 3. The van der Waals surface area contributed by atoms with Crippen LogP contribution in [0.3, 0.4) is 0 Å². The lowest BCUT2D eigenvalue weighted by Crippen LogP contribution is -2.30. The highest BCUT2D eigenvalue weighted by atomic mass is 31.2. The Morgan fingerprint density at radius 2 is 0.464 bits per heavy atom. The summed E-state index contributed by atoms with van der Waals surface area (Å²) in [6.07, 6.45) is 73.8. The molecule has 0 radical (unpaired) electrons. The highest BCUT2D eigenvalue weighted by molar-refractivity contribution is 7.47. The molecule has 0 rings (SSSR count). The summed E-state index contributed by atoms with van der Waals surface area (Å²) in [6.45, 7) is 12.0. The fourth-order valence-electron chi connectivity index (χ4n) is 14.2. The Morgan fingerprint density at radius 3 is 0.691 bits per heavy atom. The zero-order valence-electron chi connectivity index (χ0n) is 72.7. The molecule has 0 heterocycles. The molecular formula is C91H178O17P2. The van der Waals surface area contributed by atoms with E-state index in [0.717, 1.165) is 114 Å². The normalized spacial score (nSPS) is 14.0. The van der Waals surface area contributed by atoms with Gasteiger partial charge in [0, 0.05) is 25.7 Å². The van der Waals surface area contributed by atoms with E-state index < -0.39 is 97.5 Å². The van der Waals surface area contributed by atoms with Gasteiger partial charge in [0.1, 0.15) is 19.3 Å². The van der Waals surface area contributed by atoms with Crippen LogP contribution < -0.4 is 0 Å². The van der Waals surface area contributed by atoms with Gasteiger partial charge in [-0.15, -0.1) is 0 Å². The lowest BCUT2D eigenvalue weighted by Gasteiger charge is -2.21. The van der Waals surface area contributed by atoms with Crippen LogP contribution in [0.25, 0.3) is 0 Å². The van der Waals surface area contributed by atoms with Crippen LogP contribution in [0.5, 0.6) is 0 Å². The molecule has 654 valence electrons. The molecule has 0 aliphatic rings. The van der Waals surface area contributed by atoms with E-state index in [1.165, 1.54) is 289 Å². The summed E-state index contributed by atoms with van der Waals surface area (Å²) in [5, 5.41) is 10.7. The third kappa shape index (κ3) is 82.6. The van der Waals surface area contributed by atoms with Crippen LogP contribution >= 0.6 is 15.6 Å². The van der Waals surface area contributed by atoms with Gasteiger partial charge in [0.05, 0.1) is 26.4 Å². The second-order valence-corrected chi connectivity index (χ2v) is 36.8. The van der Waals surface area contributed by atoms with Crippen molar-refractivity contribution in [2.45, 2.75) is 503 Å². The first-order chi connectivity index (χ1) is 53.3. The molecule has 0 aromatic rings. The number of hydrogen-bond acceptors (Lipinski definition) is 15.